The van der Waals surface area contributed by atoms with Crippen LogP contribution in [-0.2, 0) is 11.3 Å². The van der Waals surface area contributed by atoms with E-state index in [1.807, 2.05) is 34.9 Å². The zero-order valence-corrected chi connectivity index (χ0v) is 10.4. The molecular formula is C11H10N4O2S. The van der Waals surface area contributed by atoms with Crippen molar-refractivity contribution in [1.82, 2.24) is 19.2 Å². The molecule has 0 aliphatic rings. The predicted octanol–water partition coefficient (Wildman–Crippen LogP) is 1.49. The van der Waals surface area contributed by atoms with Gasteiger partial charge in [0.2, 0.25) is 5.78 Å². The van der Waals surface area contributed by atoms with Crippen molar-refractivity contribution in [3.05, 3.63) is 24.3 Å². The number of fused-ring (bicyclic) bond motifs is 3. The Balaban J connectivity index is 2.42. The molecule has 3 rings (SSSR count). The monoisotopic (exact) mass is 262 g/mol. The molecule has 0 spiro atoms. The average Bonchev–Trinajstić information content (AvgIpc) is 2.89. The highest BCUT2D eigenvalue weighted by Gasteiger charge is 2.17. The number of carboxylic acids is 1. The van der Waals surface area contributed by atoms with Crippen molar-refractivity contribution in [3.63, 3.8) is 0 Å². The van der Waals surface area contributed by atoms with E-state index in [2.05, 4.69) is 10.2 Å². The second kappa shape index (κ2) is 4.02. The van der Waals surface area contributed by atoms with Gasteiger partial charge in [-0.3, -0.25) is 13.8 Å². The zero-order valence-electron chi connectivity index (χ0n) is 9.57. The molecule has 0 aliphatic carbocycles. The fraction of sp³-hybridized carbons (Fsp3) is 0.182. The Bertz CT molecular complexity index is 746. The maximum absolute atomic E-state index is 10.9. The van der Waals surface area contributed by atoms with Gasteiger partial charge in [0.15, 0.2) is 5.16 Å². The summed E-state index contributed by atoms with van der Waals surface area (Å²) in [5, 5.41) is 17.9. The van der Waals surface area contributed by atoms with Crippen LogP contribution >= 0.6 is 11.8 Å². The van der Waals surface area contributed by atoms with Crippen molar-refractivity contribution < 1.29 is 9.90 Å². The van der Waals surface area contributed by atoms with Crippen molar-refractivity contribution in [1.29, 1.82) is 0 Å². The predicted molar refractivity (Wildman–Crippen MR) is 67.9 cm³/mol. The minimum absolute atomic E-state index is 0.122. The largest absolute Gasteiger partial charge is 0.480 e. The van der Waals surface area contributed by atoms with Crippen LogP contribution in [0.1, 0.15) is 0 Å². The van der Waals surface area contributed by atoms with Gasteiger partial charge in [0.25, 0.3) is 0 Å². The number of benzene rings is 1. The zero-order chi connectivity index (χ0) is 12.7. The Morgan fingerprint density at radius 3 is 2.72 bits per heavy atom. The van der Waals surface area contributed by atoms with Crippen molar-refractivity contribution >= 4 is 34.5 Å². The van der Waals surface area contributed by atoms with Gasteiger partial charge < -0.3 is 5.11 Å². The van der Waals surface area contributed by atoms with Crippen LogP contribution in [0.2, 0.25) is 0 Å². The molecule has 0 radical (unpaired) electrons. The molecule has 0 bridgehead atoms. The standard InChI is InChI=1S/C11H10N4O2S/c1-18-11-13-12-10-14(6-9(16)17)7-4-2-3-5-8(7)15(10)11/h2-5H,6H2,1H3,(H,16,17). The van der Waals surface area contributed by atoms with Gasteiger partial charge >= 0.3 is 5.97 Å². The highest BCUT2D eigenvalue weighted by atomic mass is 32.2. The number of carboxylic acid groups (broad SMARTS) is 1. The fourth-order valence-corrected chi connectivity index (χ4v) is 2.55. The van der Waals surface area contributed by atoms with E-state index < -0.39 is 5.97 Å². The van der Waals surface area contributed by atoms with E-state index in [1.54, 1.807) is 4.57 Å². The lowest BCUT2D eigenvalue weighted by Crippen LogP contribution is -2.08. The number of rotatable bonds is 3. The van der Waals surface area contributed by atoms with Gasteiger partial charge in [-0.2, -0.15) is 0 Å². The first-order chi connectivity index (χ1) is 8.72. The third-order valence-electron chi connectivity index (χ3n) is 2.75. The van der Waals surface area contributed by atoms with Crippen molar-refractivity contribution in [2.24, 2.45) is 0 Å². The highest BCUT2D eigenvalue weighted by molar-refractivity contribution is 7.98. The molecule has 6 nitrogen and oxygen atoms in total. The van der Waals surface area contributed by atoms with Gasteiger partial charge in [-0.15, -0.1) is 10.2 Å². The van der Waals surface area contributed by atoms with Gasteiger partial charge in [0.1, 0.15) is 6.54 Å². The molecule has 0 atom stereocenters. The molecule has 1 N–H and O–H groups in total. The van der Waals surface area contributed by atoms with Crippen LogP contribution in [0.25, 0.3) is 16.8 Å². The van der Waals surface area contributed by atoms with Gasteiger partial charge in [-0.25, -0.2) is 0 Å². The summed E-state index contributed by atoms with van der Waals surface area (Å²) >= 11 is 1.48. The molecule has 0 fully saturated rings. The molecule has 3 aromatic rings. The molecule has 2 aromatic heterocycles. The molecule has 7 heteroatoms. The number of aromatic nitrogens is 4. The fourth-order valence-electron chi connectivity index (χ4n) is 2.06. The number of para-hydroxylation sites is 2. The minimum atomic E-state index is -0.896. The Kier molecular flexibility index (Phi) is 2.48. The third kappa shape index (κ3) is 1.47. The molecule has 0 saturated carbocycles. The first-order valence-corrected chi connectivity index (χ1v) is 6.53. The number of hydrogen-bond acceptors (Lipinski definition) is 4. The van der Waals surface area contributed by atoms with Crippen molar-refractivity contribution in [2.45, 2.75) is 11.7 Å². The van der Waals surface area contributed by atoms with Crippen LogP contribution in [0.3, 0.4) is 0 Å². The van der Waals surface area contributed by atoms with Crippen LogP contribution in [0.5, 0.6) is 0 Å². The smallest absolute Gasteiger partial charge is 0.323 e. The van der Waals surface area contributed by atoms with E-state index in [4.69, 9.17) is 5.11 Å². The molecule has 0 aliphatic heterocycles. The van der Waals surface area contributed by atoms with Crippen LogP contribution in [-0.4, -0.2) is 36.5 Å². The summed E-state index contributed by atoms with van der Waals surface area (Å²) in [4.78, 5) is 10.9. The van der Waals surface area contributed by atoms with Gasteiger partial charge in [-0.1, -0.05) is 23.9 Å². The van der Waals surface area contributed by atoms with Crippen molar-refractivity contribution in [3.8, 4) is 0 Å². The molecule has 92 valence electrons. The van der Waals surface area contributed by atoms with E-state index in [0.717, 1.165) is 16.2 Å². The van der Waals surface area contributed by atoms with Gasteiger partial charge in [-0.05, 0) is 18.4 Å². The third-order valence-corrected chi connectivity index (χ3v) is 3.38. The Morgan fingerprint density at radius 2 is 2.06 bits per heavy atom. The summed E-state index contributed by atoms with van der Waals surface area (Å²) < 4.78 is 3.54. The lowest BCUT2D eigenvalue weighted by atomic mass is 10.3. The number of aliphatic carboxylic acids is 1. The summed E-state index contributed by atoms with van der Waals surface area (Å²) in [6.07, 6.45) is 1.92. The molecule has 0 unspecified atom stereocenters. The number of hydrogen-bond donors (Lipinski definition) is 1. The molecule has 0 saturated heterocycles. The molecule has 0 amide bonds. The Hall–Kier alpha value is -2.02. The molecule has 2 heterocycles. The number of nitrogens with zero attached hydrogens (tertiary/aromatic N) is 4. The summed E-state index contributed by atoms with van der Waals surface area (Å²) in [7, 11) is 0. The molecule has 1 aromatic carbocycles. The average molecular weight is 262 g/mol. The van der Waals surface area contributed by atoms with E-state index >= 15 is 0 Å². The summed E-state index contributed by atoms with van der Waals surface area (Å²) in [6.45, 7) is -0.122. The summed E-state index contributed by atoms with van der Waals surface area (Å²) in [6, 6.07) is 7.62. The maximum atomic E-state index is 10.9. The summed E-state index contributed by atoms with van der Waals surface area (Å²) in [5.41, 5.74) is 1.77. The minimum Gasteiger partial charge on any atom is -0.480 e. The van der Waals surface area contributed by atoms with Crippen LogP contribution in [0, 0.1) is 0 Å². The normalized spacial score (nSPS) is 11.4. The van der Waals surface area contributed by atoms with Gasteiger partial charge in [0, 0.05) is 0 Å². The second-order valence-corrected chi connectivity index (χ2v) is 4.56. The maximum Gasteiger partial charge on any atom is 0.323 e. The van der Waals surface area contributed by atoms with E-state index in [9.17, 15) is 4.79 Å². The Labute approximate surface area is 106 Å². The van der Waals surface area contributed by atoms with E-state index in [0.29, 0.717) is 5.78 Å². The Morgan fingerprint density at radius 1 is 1.33 bits per heavy atom. The first-order valence-electron chi connectivity index (χ1n) is 5.30. The number of carbonyl (C=O) groups is 1. The van der Waals surface area contributed by atoms with Crippen LogP contribution in [0.4, 0.5) is 0 Å². The van der Waals surface area contributed by atoms with E-state index in [1.165, 1.54) is 11.8 Å². The first kappa shape index (κ1) is 11.1. The quantitative estimate of drug-likeness (QED) is 0.724. The number of thioether (sulfide) groups is 1. The lowest BCUT2D eigenvalue weighted by molar-refractivity contribution is -0.137. The second-order valence-electron chi connectivity index (χ2n) is 3.79. The lowest BCUT2D eigenvalue weighted by Gasteiger charge is -1.99. The molecule has 18 heavy (non-hydrogen) atoms. The summed E-state index contributed by atoms with van der Waals surface area (Å²) in [5.74, 6) is -0.338. The van der Waals surface area contributed by atoms with E-state index in [-0.39, 0.29) is 6.54 Å². The number of imidazole rings is 1. The highest BCUT2D eigenvalue weighted by Crippen LogP contribution is 2.24. The topological polar surface area (TPSA) is 72.4 Å². The van der Waals surface area contributed by atoms with Crippen LogP contribution < -0.4 is 0 Å². The SMILES string of the molecule is CSc1nnc2n(CC(=O)O)c3ccccc3n12. The van der Waals surface area contributed by atoms with Crippen LogP contribution in [0.15, 0.2) is 29.4 Å². The van der Waals surface area contributed by atoms with Crippen molar-refractivity contribution in [2.75, 3.05) is 6.26 Å². The molecular weight excluding hydrogens is 252 g/mol. The van der Waals surface area contributed by atoms with Gasteiger partial charge in [0.05, 0.1) is 11.0 Å².